The van der Waals surface area contributed by atoms with Crippen LogP contribution in [0.25, 0.3) is 37.4 Å². The van der Waals surface area contributed by atoms with Crippen molar-refractivity contribution >= 4 is 139 Å². The Morgan fingerprint density at radius 2 is 1.15 bits per heavy atom. The number of hydrogen-bond donors (Lipinski definition) is 8. The summed E-state index contributed by atoms with van der Waals surface area (Å²) in [6.45, 7) is 1.13. The topological polar surface area (TPSA) is 446 Å². The molecule has 34 heteroatoms. The molecule has 8 aromatic rings. The fourth-order valence-corrected chi connectivity index (χ4v) is 11.1. The number of aromatic nitrogens is 3. The van der Waals surface area contributed by atoms with Gasteiger partial charge in [-0.2, -0.15) is 51.9 Å². The number of thiazole rings is 1. The first-order valence-electron chi connectivity index (χ1n) is 19.1. The summed E-state index contributed by atoms with van der Waals surface area (Å²) in [6.07, 6.45) is 0.771. The number of rotatable bonds is 13. The Kier molecular flexibility index (Phi) is 12.8. The van der Waals surface area contributed by atoms with Crippen LogP contribution in [0.3, 0.4) is 0 Å². The van der Waals surface area contributed by atoms with Gasteiger partial charge in [0, 0.05) is 28.5 Å². The third-order valence-electron chi connectivity index (χ3n) is 9.84. The van der Waals surface area contributed by atoms with E-state index in [2.05, 4.69) is 46.1 Å². The predicted molar refractivity (Wildman–Crippen MR) is 250 cm³/mol. The summed E-state index contributed by atoms with van der Waals surface area (Å²) in [5.74, 6) is -2.46. The molecule has 2 aromatic heterocycles. The number of benzene rings is 6. The summed E-state index contributed by atoms with van der Waals surface area (Å²) in [5, 5.41) is 49.8. The van der Waals surface area contributed by atoms with Crippen LogP contribution in [-0.2, 0) is 55.4 Å². The van der Waals surface area contributed by atoms with E-state index in [9.17, 15) is 79.9 Å². The van der Waals surface area contributed by atoms with Gasteiger partial charge in [0.1, 0.15) is 42.3 Å². The van der Waals surface area contributed by atoms with Crippen LogP contribution >= 0.6 is 11.3 Å². The number of azo groups is 3. The molecule has 0 aliphatic carbocycles. The maximum atomic E-state index is 12.8. The van der Waals surface area contributed by atoms with Gasteiger partial charge < -0.3 is 15.5 Å². The molecule has 372 valence electrons. The molecule has 0 radical (unpaired) electrons. The number of nitrogens with zero attached hydrogens (tertiary/aromatic N) is 9. The standard InChI is InChI=1S/C38H26N10O18S6/c1-17(49)40-27-14-29(34(71(61,62)63)15-28(27)44-47-38-41-24-4-2-3-5-31(24)67-38)45-42-25-8-7-21-20(35(25)50)6-9-26(36(21)72(64,65)66)43-46-30-16-39-48(37(30)51)18-10-22-23(32(11-18)69(55,56)57)12-19(68(52,53)54)13-33(22)70(58,59)60/h2-16,50-51H,1H3,(H,40,49)(H,52,53,54)(H,55,56,57)(H,58,59,60)(H,61,62,63)(H,64,65,66). The van der Waals surface area contributed by atoms with Crippen LogP contribution in [0.4, 0.5) is 39.3 Å². The van der Waals surface area contributed by atoms with Crippen molar-refractivity contribution in [2.45, 2.75) is 31.4 Å². The van der Waals surface area contributed by atoms with Gasteiger partial charge in [0.2, 0.25) is 16.9 Å². The second-order valence-electron chi connectivity index (χ2n) is 14.6. The summed E-state index contributed by atoms with van der Waals surface area (Å²) >= 11 is 1.16. The van der Waals surface area contributed by atoms with Crippen LogP contribution in [0.5, 0.6) is 11.6 Å². The van der Waals surface area contributed by atoms with Crippen LogP contribution in [0, 0.1) is 0 Å². The molecule has 0 aliphatic rings. The first kappa shape index (κ1) is 50.7. The monoisotopic (exact) mass is 1100 g/mol. The van der Waals surface area contributed by atoms with Crippen molar-refractivity contribution < 1.29 is 79.9 Å². The van der Waals surface area contributed by atoms with Crippen molar-refractivity contribution in [1.82, 2.24) is 14.8 Å². The third-order valence-corrected chi connectivity index (χ3v) is 15.2. The van der Waals surface area contributed by atoms with Gasteiger partial charge in [-0.3, -0.25) is 27.6 Å². The zero-order valence-electron chi connectivity index (χ0n) is 35.3. The molecular formula is C38H26N10O18S6. The number of anilines is 1. The van der Waals surface area contributed by atoms with Gasteiger partial charge in [-0.25, -0.2) is 4.98 Å². The molecule has 1 amide bonds. The van der Waals surface area contributed by atoms with Gasteiger partial charge in [-0.1, -0.05) is 29.5 Å². The molecule has 8 rings (SSSR count). The van der Waals surface area contributed by atoms with Crippen molar-refractivity contribution in [3.63, 3.8) is 0 Å². The Hall–Kier alpha value is -7.64. The quantitative estimate of drug-likeness (QED) is 0.0406. The van der Waals surface area contributed by atoms with Crippen LogP contribution < -0.4 is 5.32 Å². The van der Waals surface area contributed by atoms with Gasteiger partial charge in [0.05, 0.1) is 32.7 Å². The first-order valence-corrected chi connectivity index (χ1v) is 27.1. The SMILES string of the molecule is CC(=O)Nc1cc(N=Nc2ccc3c(S(=O)(=O)O)c(N=Nc4cnn(-c5cc(S(=O)(=O)O)c6cc(S(=O)(=O)O)cc(S(=O)(=O)O)c6c5)c4O)ccc3c2O)c(S(=O)(=O)O)cc1N=Nc1nc2ccccc2s1. The van der Waals surface area contributed by atoms with E-state index in [0.29, 0.717) is 22.3 Å². The molecule has 72 heavy (non-hydrogen) atoms. The number of fused-ring (bicyclic) bond motifs is 3. The fourth-order valence-electron chi connectivity index (χ4n) is 6.85. The van der Waals surface area contributed by atoms with E-state index in [1.54, 1.807) is 24.3 Å². The van der Waals surface area contributed by atoms with Crippen LogP contribution in [0.15, 0.2) is 146 Å². The number of amides is 1. The lowest BCUT2D eigenvalue weighted by Gasteiger charge is -2.13. The Balaban J connectivity index is 1.16. The lowest BCUT2D eigenvalue weighted by molar-refractivity contribution is -0.114. The fraction of sp³-hybridized carbons (Fsp3) is 0.0263. The summed E-state index contributed by atoms with van der Waals surface area (Å²) in [7, 11) is -26.5. The van der Waals surface area contributed by atoms with Crippen molar-refractivity contribution in [3.05, 3.63) is 91.1 Å². The van der Waals surface area contributed by atoms with Crippen LogP contribution in [-0.4, -0.2) is 95.7 Å². The molecule has 28 nitrogen and oxygen atoms in total. The highest BCUT2D eigenvalue weighted by molar-refractivity contribution is 7.87. The number of carbonyl (C=O) groups is 1. The predicted octanol–water partition coefficient (Wildman–Crippen LogP) is 7.64. The minimum atomic E-state index is -5.41. The van der Waals surface area contributed by atoms with E-state index in [0.717, 1.165) is 71.6 Å². The summed E-state index contributed by atoms with van der Waals surface area (Å²) in [5.41, 5.74) is -2.65. The minimum Gasteiger partial charge on any atom is -0.505 e. The molecule has 6 aromatic carbocycles. The zero-order valence-corrected chi connectivity index (χ0v) is 40.2. The highest BCUT2D eigenvalue weighted by Crippen LogP contribution is 2.44. The number of para-hydroxylation sites is 1. The van der Waals surface area contributed by atoms with E-state index in [1.165, 1.54) is 0 Å². The average molecular weight is 1100 g/mol. The van der Waals surface area contributed by atoms with E-state index in [4.69, 9.17) is 0 Å². The molecule has 0 saturated heterocycles. The molecule has 8 N–H and O–H groups in total. The Morgan fingerprint density at radius 1 is 0.569 bits per heavy atom. The van der Waals surface area contributed by atoms with E-state index in [1.807, 2.05) is 0 Å². The van der Waals surface area contributed by atoms with Gasteiger partial charge in [0.15, 0.2) is 11.4 Å². The second kappa shape index (κ2) is 18.2. The largest absolute Gasteiger partial charge is 0.505 e. The number of nitrogens with one attached hydrogen (secondary N) is 1. The maximum Gasteiger partial charge on any atom is 0.297 e. The smallest absolute Gasteiger partial charge is 0.297 e. The number of carbonyl (C=O) groups excluding carboxylic acids is 1. The van der Waals surface area contributed by atoms with Gasteiger partial charge in [-0.15, -0.1) is 30.7 Å². The Labute approximate surface area is 407 Å². The molecule has 0 aliphatic heterocycles. The number of aromatic hydroxyl groups is 2. The van der Waals surface area contributed by atoms with Gasteiger partial charge >= 0.3 is 0 Å². The first-order chi connectivity index (χ1) is 33.5. The Morgan fingerprint density at radius 3 is 1.79 bits per heavy atom. The van der Waals surface area contributed by atoms with Crippen molar-refractivity contribution in [2.24, 2.45) is 30.7 Å². The van der Waals surface area contributed by atoms with Crippen molar-refractivity contribution in [3.8, 4) is 17.3 Å². The molecule has 0 saturated carbocycles. The molecule has 0 unspecified atom stereocenters. The van der Waals surface area contributed by atoms with Gasteiger partial charge in [0.25, 0.3) is 50.6 Å². The molecule has 0 fully saturated rings. The minimum absolute atomic E-state index is 0.148. The van der Waals surface area contributed by atoms with Crippen molar-refractivity contribution in [2.75, 3.05) is 5.32 Å². The van der Waals surface area contributed by atoms with Crippen LogP contribution in [0.1, 0.15) is 6.92 Å². The van der Waals surface area contributed by atoms with E-state index in [-0.39, 0.29) is 28.0 Å². The average Bonchev–Trinajstić information content (AvgIpc) is 3.87. The molecule has 0 atom stereocenters. The molecule has 2 heterocycles. The summed E-state index contributed by atoms with van der Waals surface area (Å²) < 4.78 is 175. The second-order valence-corrected chi connectivity index (χ2v) is 22.6. The molecular weight excluding hydrogens is 1080 g/mol. The third kappa shape index (κ3) is 10.2. The lowest BCUT2D eigenvalue weighted by Crippen LogP contribution is -2.08. The zero-order chi connectivity index (χ0) is 52.5. The normalized spacial score (nSPS) is 13.1. The van der Waals surface area contributed by atoms with Gasteiger partial charge in [-0.05, 0) is 66.7 Å². The number of hydrogen-bond acceptors (Lipinski definition) is 22. The molecule has 0 bridgehead atoms. The lowest BCUT2D eigenvalue weighted by atomic mass is 10.1. The van der Waals surface area contributed by atoms with Crippen molar-refractivity contribution in [1.29, 1.82) is 0 Å². The summed E-state index contributed by atoms with van der Waals surface area (Å²) in [4.78, 5) is 10.9. The summed E-state index contributed by atoms with van der Waals surface area (Å²) in [6, 6.07) is 15.0. The van der Waals surface area contributed by atoms with E-state index >= 15 is 0 Å². The van der Waals surface area contributed by atoms with Crippen LogP contribution in [0.2, 0.25) is 0 Å². The number of phenolic OH excluding ortho intramolecular Hbond substituents is 1. The number of phenols is 1. The molecule has 0 spiro atoms. The highest BCUT2D eigenvalue weighted by atomic mass is 32.2. The maximum absolute atomic E-state index is 12.8. The highest BCUT2D eigenvalue weighted by Gasteiger charge is 2.28. The van der Waals surface area contributed by atoms with E-state index < -0.39 is 137 Å². The Bertz CT molecular complexity index is 4320.